The lowest BCUT2D eigenvalue weighted by molar-refractivity contribution is -0.115. The second-order valence-electron chi connectivity index (χ2n) is 4.74. The van der Waals surface area contributed by atoms with Gasteiger partial charge in [0.1, 0.15) is 11.5 Å². The van der Waals surface area contributed by atoms with Crippen LogP contribution in [0.1, 0.15) is 12.5 Å². The number of hydrogen-bond acceptors (Lipinski definition) is 4. The Bertz CT molecular complexity index is 751. The first kappa shape index (κ1) is 14.4. The van der Waals surface area contributed by atoms with Crippen LogP contribution < -0.4 is 10.1 Å². The zero-order valence-corrected chi connectivity index (χ0v) is 12.6. The maximum Gasteiger partial charge on any atom is 0.290 e. The van der Waals surface area contributed by atoms with Gasteiger partial charge in [-0.15, -0.1) is 0 Å². The third-order valence-corrected chi connectivity index (χ3v) is 4.21. The molecule has 1 heterocycles. The third kappa shape index (κ3) is 3.04. The molecule has 0 saturated carbocycles. The lowest BCUT2D eigenvalue weighted by Gasteiger charge is -2.08. The van der Waals surface area contributed by atoms with E-state index in [0.29, 0.717) is 10.7 Å². The topological polar surface area (TPSA) is 55.4 Å². The number of imide groups is 1. The van der Waals surface area contributed by atoms with Crippen LogP contribution in [-0.4, -0.2) is 11.1 Å². The number of carbonyl (C=O) groups excluding carboxylic acids is 2. The molecule has 1 saturated heterocycles. The van der Waals surface area contributed by atoms with Crippen LogP contribution in [0.4, 0.5) is 4.79 Å². The number of para-hydroxylation sites is 1. The number of rotatable bonds is 3. The van der Waals surface area contributed by atoms with Gasteiger partial charge in [-0.2, -0.15) is 0 Å². The molecular formula is C17H13NO3S. The molecule has 0 bridgehead atoms. The van der Waals surface area contributed by atoms with Crippen molar-refractivity contribution in [3.05, 3.63) is 65.1 Å². The lowest BCUT2D eigenvalue weighted by Crippen LogP contribution is -2.18. The van der Waals surface area contributed by atoms with Crippen molar-refractivity contribution in [2.75, 3.05) is 0 Å². The van der Waals surface area contributed by atoms with E-state index >= 15 is 0 Å². The first-order valence-electron chi connectivity index (χ1n) is 6.71. The molecule has 5 heteroatoms. The van der Waals surface area contributed by atoms with E-state index in [-0.39, 0.29) is 11.1 Å². The van der Waals surface area contributed by atoms with Crippen LogP contribution in [0.5, 0.6) is 11.5 Å². The number of hydrogen-bond donors (Lipinski definition) is 1. The second kappa shape index (κ2) is 6.07. The SMILES string of the molecule is CC(=C1SC(=O)NC1=O)c1ccc(Oc2ccccc2)cc1. The predicted molar refractivity (Wildman–Crippen MR) is 86.7 cm³/mol. The average Bonchev–Trinajstić information content (AvgIpc) is 2.87. The van der Waals surface area contributed by atoms with E-state index in [9.17, 15) is 9.59 Å². The summed E-state index contributed by atoms with van der Waals surface area (Å²) in [4.78, 5) is 23.4. The molecule has 0 unspecified atom stereocenters. The molecule has 1 fully saturated rings. The van der Waals surface area contributed by atoms with Crippen LogP contribution in [0.2, 0.25) is 0 Å². The number of amides is 2. The molecule has 3 rings (SSSR count). The summed E-state index contributed by atoms with van der Waals surface area (Å²) < 4.78 is 5.72. The number of nitrogens with one attached hydrogen (secondary N) is 1. The van der Waals surface area contributed by atoms with Crippen LogP contribution in [0.25, 0.3) is 5.57 Å². The minimum atomic E-state index is -0.336. The monoisotopic (exact) mass is 311 g/mol. The Morgan fingerprint density at radius 1 is 0.955 bits per heavy atom. The van der Waals surface area contributed by atoms with Crippen molar-refractivity contribution in [3.8, 4) is 11.5 Å². The summed E-state index contributed by atoms with van der Waals surface area (Å²) in [5.41, 5.74) is 1.66. The molecule has 1 N–H and O–H groups in total. The first-order valence-corrected chi connectivity index (χ1v) is 7.52. The summed E-state index contributed by atoms with van der Waals surface area (Å²) in [6.07, 6.45) is 0. The largest absolute Gasteiger partial charge is 0.457 e. The Morgan fingerprint density at radius 3 is 2.18 bits per heavy atom. The normalized spacial score (nSPS) is 16.4. The Balaban J connectivity index is 1.81. The van der Waals surface area contributed by atoms with Gasteiger partial charge in [-0.3, -0.25) is 14.9 Å². The molecule has 0 atom stereocenters. The molecule has 0 radical (unpaired) electrons. The molecule has 1 aliphatic rings. The van der Waals surface area contributed by atoms with Gasteiger partial charge in [-0.05, 0) is 54.1 Å². The minimum absolute atomic E-state index is 0.330. The van der Waals surface area contributed by atoms with Crippen molar-refractivity contribution in [1.82, 2.24) is 5.32 Å². The van der Waals surface area contributed by atoms with Gasteiger partial charge in [0.25, 0.3) is 11.1 Å². The van der Waals surface area contributed by atoms with Gasteiger partial charge < -0.3 is 4.74 Å². The van der Waals surface area contributed by atoms with Crippen molar-refractivity contribution in [2.45, 2.75) is 6.92 Å². The predicted octanol–water partition coefficient (Wildman–Crippen LogP) is 4.19. The molecule has 2 aromatic rings. The molecule has 2 aromatic carbocycles. The molecule has 4 nitrogen and oxygen atoms in total. The highest BCUT2D eigenvalue weighted by molar-refractivity contribution is 8.18. The van der Waals surface area contributed by atoms with E-state index in [1.165, 1.54) is 0 Å². The number of allylic oxidation sites excluding steroid dienone is 1. The summed E-state index contributed by atoms with van der Waals surface area (Å²) in [5, 5.41) is 1.93. The van der Waals surface area contributed by atoms with E-state index in [4.69, 9.17) is 4.74 Å². The van der Waals surface area contributed by atoms with E-state index in [1.807, 2.05) is 61.5 Å². The molecule has 110 valence electrons. The highest BCUT2D eigenvalue weighted by Crippen LogP contribution is 2.32. The van der Waals surface area contributed by atoms with Gasteiger partial charge in [-0.1, -0.05) is 30.3 Å². The van der Waals surface area contributed by atoms with Crippen molar-refractivity contribution in [1.29, 1.82) is 0 Å². The summed E-state index contributed by atoms with van der Waals surface area (Å²) in [5.74, 6) is 1.14. The van der Waals surface area contributed by atoms with Gasteiger partial charge in [0, 0.05) is 0 Å². The summed E-state index contributed by atoms with van der Waals surface area (Å²) in [6, 6.07) is 16.9. The Kier molecular flexibility index (Phi) is 3.98. The smallest absolute Gasteiger partial charge is 0.290 e. The van der Waals surface area contributed by atoms with Crippen molar-refractivity contribution in [3.63, 3.8) is 0 Å². The van der Waals surface area contributed by atoms with E-state index < -0.39 is 0 Å². The second-order valence-corrected chi connectivity index (χ2v) is 5.72. The molecule has 0 aromatic heterocycles. The quantitative estimate of drug-likeness (QED) is 0.863. The van der Waals surface area contributed by atoms with Gasteiger partial charge >= 0.3 is 0 Å². The Hall–Kier alpha value is -2.53. The Morgan fingerprint density at radius 2 is 1.59 bits per heavy atom. The molecule has 2 amide bonds. The van der Waals surface area contributed by atoms with Crippen LogP contribution in [0.3, 0.4) is 0 Å². The molecule has 0 spiro atoms. The number of carbonyl (C=O) groups is 2. The number of ether oxygens (including phenoxy) is 1. The maximum atomic E-state index is 11.7. The highest BCUT2D eigenvalue weighted by Gasteiger charge is 2.27. The fourth-order valence-corrected chi connectivity index (χ4v) is 2.83. The van der Waals surface area contributed by atoms with Gasteiger partial charge in [-0.25, -0.2) is 0 Å². The van der Waals surface area contributed by atoms with Crippen molar-refractivity contribution < 1.29 is 14.3 Å². The lowest BCUT2D eigenvalue weighted by atomic mass is 10.1. The van der Waals surface area contributed by atoms with Gasteiger partial charge in [0.15, 0.2) is 0 Å². The average molecular weight is 311 g/mol. The zero-order chi connectivity index (χ0) is 15.5. The van der Waals surface area contributed by atoms with Crippen LogP contribution in [-0.2, 0) is 4.79 Å². The maximum absolute atomic E-state index is 11.7. The van der Waals surface area contributed by atoms with Crippen LogP contribution >= 0.6 is 11.8 Å². The van der Waals surface area contributed by atoms with Crippen LogP contribution in [0.15, 0.2) is 59.5 Å². The summed E-state index contributed by atoms with van der Waals surface area (Å²) in [7, 11) is 0. The fraction of sp³-hybridized carbons (Fsp3) is 0.0588. The minimum Gasteiger partial charge on any atom is -0.457 e. The van der Waals surface area contributed by atoms with E-state index in [2.05, 4.69) is 5.32 Å². The van der Waals surface area contributed by atoms with E-state index in [1.54, 1.807) is 0 Å². The fourth-order valence-electron chi connectivity index (χ4n) is 2.09. The van der Waals surface area contributed by atoms with Crippen molar-refractivity contribution in [2.24, 2.45) is 0 Å². The molecule has 0 aliphatic carbocycles. The van der Waals surface area contributed by atoms with Gasteiger partial charge in [0.05, 0.1) is 4.91 Å². The summed E-state index contributed by atoms with van der Waals surface area (Å²) in [6.45, 7) is 1.83. The third-order valence-electron chi connectivity index (χ3n) is 3.22. The highest BCUT2D eigenvalue weighted by atomic mass is 32.2. The first-order chi connectivity index (χ1) is 10.6. The standard InChI is InChI=1S/C17H13NO3S/c1-11(15-16(19)18-17(20)22-15)12-7-9-14(10-8-12)21-13-5-3-2-4-6-13/h2-10H,1H3,(H,18,19,20). The number of benzene rings is 2. The zero-order valence-electron chi connectivity index (χ0n) is 11.8. The molecule has 22 heavy (non-hydrogen) atoms. The van der Waals surface area contributed by atoms with Gasteiger partial charge in [0.2, 0.25) is 0 Å². The van der Waals surface area contributed by atoms with Crippen LogP contribution in [0, 0.1) is 0 Å². The molecular weight excluding hydrogens is 298 g/mol. The van der Waals surface area contributed by atoms with Crippen molar-refractivity contribution >= 4 is 28.5 Å². The summed E-state index contributed by atoms with van der Waals surface area (Å²) >= 11 is 0.932. The molecule has 1 aliphatic heterocycles. The van der Waals surface area contributed by atoms with E-state index in [0.717, 1.165) is 28.6 Å². The Labute approximate surface area is 132 Å². The number of thioether (sulfide) groups is 1.